The summed E-state index contributed by atoms with van der Waals surface area (Å²) in [7, 11) is 0. The van der Waals surface area contributed by atoms with E-state index in [0.29, 0.717) is 53.8 Å². The van der Waals surface area contributed by atoms with Gasteiger partial charge in [0.15, 0.2) is 0 Å². The number of carbonyl (C=O) groups excluding carboxylic acids is 3. The van der Waals surface area contributed by atoms with Gasteiger partial charge in [0.05, 0.1) is 30.0 Å². The number of amides is 1. The largest absolute Gasteiger partial charge is 0.507 e. The number of ether oxygens (including phenoxy) is 2. The first kappa shape index (κ1) is 26.6. The Morgan fingerprint density at radius 2 is 1.79 bits per heavy atom. The summed E-state index contributed by atoms with van der Waals surface area (Å²) in [5, 5.41) is 11.3. The van der Waals surface area contributed by atoms with E-state index in [1.54, 1.807) is 60.8 Å². The van der Waals surface area contributed by atoms with Crippen molar-refractivity contribution in [1.82, 2.24) is 4.98 Å². The van der Waals surface area contributed by atoms with Gasteiger partial charge in [-0.3, -0.25) is 19.5 Å². The number of esters is 1. The molecule has 0 aliphatic carbocycles. The van der Waals surface area contributed by atoms with E-state index < -0.39 is 23.7 Å². The zero-order valence-electron chi connectivity index (χ0n) is 21.6. The first-order valence-electron chi connectivity index (χ1n) is 12.5. The maximum absolute atomic E-state index is 13.3. The minimum Gasteiger partial charge on any atom is -0.507 e. The van der Waals surface area contributed by atoms with E-state index in [1.807, 2.05) is 20.8 Å². The molecule has 1 aliphatic heterocycles. The number of aliphatic hydroxyl groups is 1. The molecule has 0 saturated carbocycles. The number of anilines is 1. The highest BCUT2D eigenvalue weighted by atomic mass is 16.5. The van der Waals surface area contributed by atoms with Crippen molar-refractivity contribution >= 4 is 29.1 Å². The van der Waals surface area contributed by atoms with Crippen LogP contribution in [0, 0.1) is 5.92 Å². The smallest absolute Gasteiger partial charge is 0.338 e. The standard InChI is InChI=1S/C30H30N2O6/c1-4-16-37-30(36)20-11-13-22(14-12-20)32-26(24-10-5-6-15-31-24)25(28(34)29(32)35)27(33)21-8-7-9-23(17-21)38-18-19(2)3/h5-15,17,19,26,33H,4,16,18H2,1-3H3/b27-25+. The van der Waals surface area contributed by atoms with Crippen LogP contribution in [0.15, 0.2) is 78.5 Å². The molecule has 2 aromatic carbocycles. The van der Waals surface area contributed by atoms with Crippen LogP contribution in [-0.2, 0) is 14.3 Å². The van der Waals surface area contributed by atoms with Gasteiger partial charge in [0.2, 0.25) is 0 Å². The Balaban J connectivity index is 1.77. The van der Waals surface area contributed by atoms with Gasteiger partial charge in [-0.05, 0) is 60.9 Å². The Hall–Kier alpha value is -4.46. The number of carbonyl (C=O) groups is 3. The van der Waals surface area contributed by atoms with Gasteiger partial charge in [-0.2, -0.15) is 0 Å². The summed E-state index contributed by atoms with van der Waals surface area (Å²) in [5.41, 5.74) is 1.38. The van der Waals surface area contributed by atoms with Crippen LogP contribution in [0.5, 0.6) is 5.75 Å². The van der Waals surface area contributed by atoms with Crippen LogP contribution in [0.4, 0.5) is 5.69 Å². The molecular weight excluding hydrogens is 484 g/mol. The lowest BCUT2D eigenvalue weighted by molar-refractivity contribution is -0.132. The summed E-state index contributed by atoms with van der Waals surface area (Å²) in [4.78, 5) is 44.6. The highest BCUT2D eigenvalue weighted by molar-refractivity contribution is 6.51. The fourth-order valence-corrected chi connectivity index (χ4v) is 4.10. The molecule has 1 aliphatic rings. The topological polar surface area (TPSA) is 106 Å². The number of hydrogen-bond acceptors (Lipinski definition) is 7. The van der Waals surface area contributed by atoms with Gasteiger partial charge in [-0.15, -0.1) is 0 Å². The zero-order valence-corrected chi connectivity index (χ0v) is 21.6. The molecule has 0 radical (unpaired) electrons. The van der Waals surface area contributed by atoms with Gasteiger partial charge >= 0.3 is 5.97 Å². The van der Waals surface area contributed by atoms with Crippen LogP contribution < -0.4 is 9.64 Å². The minimum atomic E-state index is -0.977. The van der Waals surface area contributed by atoms with Gasteiger partial charge in [0.1, 0.15) is 17.6 Å². The first-order valence-corrected chi connectivity index (χ1v) is 12.5. The van der Waals surface area contributed by atoms with Crippen LogP contribution in [0.3, 0.4) is 0 Å². The summed E-state index contributed by atoms with van der Waals surface area (Å²) in [5.74, 6) is -1.59. The van der Waals surface area contributed by atoms with Gasteiger partial charge in [0.25, 0.3) is 11.7 Å². The number of rotatable bonds is 9. The number of aromatic nitrogens is 1. The fourth-order valence-electron chi connectivity index (χ4n) is 4.10. The lowest BCUT2D eigenvalue weighted by atomic mass is 9.98. The number of pyridine rings is 1. The van der Waals surface area contributed by atoms with Gasteiger partial charge in [-0.1, -0.05) is 39.0 Å². The van der Waals surface area contributed by atoms with Crippen molar-refractivity contribution in [3.63, 3.8) is 0 Å². The molecule has 8 nitrogen and oxygen atoms in total. The van der Waals surface area contributed by atoms with Crippen molar-refractivity contribution in [2.75, 3.05) is 18.1 Å². The van der Waals surface area contributed by atoms with Crippen LogP contribution >= 0.6 is 0 Å². The summed E-state index contributed by atoms with van der Waals surface area (Å²) in [6.07, 6.45) is 2.26. The third-order valence-electron chi connectivity index (χ3n) is 5.92. The Kier molecular flexibility index (Phi) is 8.21. The Morgan fingerprint density at radius 3 is 2.45 bits per heavy atom. The average Bonchev–Trinajstić information content (AvgIpc) is 3.20. The highest BCUT2D eigenvalue weighted by Crippen LogP contribution is 2.41. The predicted molar refractivity (Wildman–Crippen MR) is 143 cm³/mol. The third kappa shape index (κ3) is 5.59. The minimum absolute atomic E-state index is 0.0823. The van der Waals surface area contributed by atoms with Gasteiger partial charge in [0, 0.05) is 17.4 Å². The maximum atomic E-state index is 13.3. The molecule has 1 amide bonds. The Labute approximate surface area is 221 Å². The maximum Gasteiger partial charge on any atom is 0.338 e. The van der Waals surface area contributed by atoms with E-state index in [2.05, 4.69) is 4.98 Å². The van der Waals surface area contributed by atoms with Crippen LogP contribution in [0.25, 0.3) is 5.76 Å². The molecule has 1 saturated heterocycles. The molecule has 1 fully saturated rings. The molecule has 2 heterocycles. The van der Waals surface area contributed by atoms with Crippen LogP contribution in [0.2, 0.25) is 0 Å². The van der Waals surface area contributed by atoms with E-state index in [-0.39, 0.29) is 11.3 Å². The number of aliphatic hydroxyl groups excluding tert-OH is 1. The first-order chi connectivity index (χ1) is 18.3. The monoisotopic (exact) mass is 514 g/mol. The molecule has 0 bridgehead atoms. The summed E-state index contributed by atoms with van der Waals surface area (Å²) in [6.45, 7) is 6.75. The quantitative estimate of drug-likeness (QED) is 0.179. The van der Waals surface area contributed by atoms with Gasteiger partial charge in [-0.25, -0.2) is 4.79 Å². The summed E-state index contributed by atoms with van der Waals surface area (Å²) < 4.78 is 11.0. The second kappa shape index (κ2) is 11.7. The number of Topliss-reactive ketones (excluding diaryl/α,β-unsaturated/α-hetero) is 1. The fraction of sp³-hybridized carbons (Fsp3) is 0.267. The molecule has 196 valence electrons. The van der Waals surface area contributed by atoms with Gasteiger partial charge < -0.3 is 14.6 Å². The Morgan fingerprint density at radius 1 is 1.03 bits per heavy atom. The summed E-state index contributed by atoms with van der Waals surface area (Å²) in [6, 6.07) is 17.2. The molecule has 1 N–H and O–H groups in total. The number of hydrogen-bond donors (Lipinski definition) is 1. The van der Waals surface area contributed by atoms with E-state index >= 15 is 0 Å². The van der Waals surface area contributed by atoms with Crippen molar-refractivity contribution in [2.24, 2.45) is 5.92 Å². The zero-order chi connectivity index (χ0) is 27.2. The van der Waals surface area contributed by atoms with Crippen molar-refractivity contribution in [3.05, 3.63) is 95.3 Å². The lowest BCUT2D eigenvalue weighted by Gasteiger charge is -2.24. The normalized spacial score (nSPS) is 16.6. The molecular formula is C30H30N2O6. The second-order valence-corrected chi connectivity index (χ2v) is 9.34. The number of ketones is 1. The van der Waals surface area contributed by atoms with Crippen molar-refractivity contribution in [2.45, 2.75) is 33.2 Å². The number of benzene rings is 2. The van der Waals surface area contributed by atoms with Crippen molar-refractivity contribution in [3.8, 4) is 5.75 Å². The summed E-state index contributed by atoms with van der Waals surface area (Å²) >= 11 is 0. The molecule has 1 unspecified atom stereocenters. The van der Waals surface area contributed by atoms with Crippen molar-refractivity contribution < 1.29 is 29.0 Å². The van der Waals surface area contributed by atoms with E-state index in [1.165, 1.54) is 17.0 Å². The molecule has 3 aromatic rings. The average molecular weight is 515 g/mol. The molecule has 38 heavy (non-hydrogen) atoms. The Bertz CT molecular complexity index is 1350. The lowest BCUT2D eigenvalue weighted by Crippen LogP contribution is -2.29. The van der Waals surface area contributed by atoms with Crippen LogP contribution in [-0.4, -0.2) is 41.0 Å². The second-order valence-electron chi connectivity index (χ2n) is 9.34. The number of nitrogens with zero attached hydrogens (tertiary/aromatic N) is 2. The van der Waals surface area contributed by atoms with E-state index in [4.69, 9.17) is 9.47 Å². The molecule has 1 atom stereocenters. The molecule has 4 rings (SSSR count). The molecule has 8 heteroatoms. The highest BCUT2D eigenvalue weighted by Gasteiger charge is 2.47. The third-order valence-corrected chi connectivity index (χ3v) is 5.92. The molecule has 0 spiro atoms. The SMILES string of the molecule is CCCOC(=O)c1ccc(N2C(=O)C(=O)/C(=C(/O)c3cccc(OCC(C)C)c3)C2c2ccccn2)cc1. The predicted octanol–water partition coefficient (Wildman–Crippen LogP) is 5.31. The van der Waals surface area contributed by atoms with Crippen molar-refractivity contribution in [1.29, 1.82) is 0 Å². The molecule has 1 aromatic heterocycles. The van der Waals surface area contributed by atoms with Crippen LogP contribution in [0.1, 0.15) is 54.8 Å². The van der Waals surface area contributed by atoms with E-state index in [9.17, 15) is 19.5 Å². The van der Waals surface area contributed by atoms with E-state index in [0.717, 1.165) is 0 Å².